The number of H-pyrrole nitrogens is 1. The van der Waals surface area contributed by atoms with Crippen LogP contribution in [0.5, 0.6) is 0 Å². The lowest BCUT2D eigenvalue weighted by atomic mass is 9.78. The minimum atomic E-state index is -2.44. The third-order valence-corrected chi connectivity index (χ3v) is 16.6. The summed E-state index contributed by atoms with van der Waals surface area (Å²) in [6.45, 7) is 13.1. The fourth-order valence-electron chi connectivity index (χ4n) is 11.7. The Morgan fingerprint density at radius 3 is 2.32 bits per heavy atom. The van der Waals surface area contributed by atoms with Crippen LogP contribution in [0, 0.1) is 35.5 Å². The number of nitrogens with zero attached hydrogens (tertiary/aromatic N) is 2. The van der Waals surface area contributed by atoms with Crippen LogP contribution in [-0.2, 0) is 59.0 Å². The van der Waals surface area contributed by atoms with E-state index in [-0.39, 0.29) is 67.5 Å². The van der Waals surface area contributed by atoms with Gasteiger partial charge in [0, 0.05) is 58.5 Å². The Balaban J connectivity index is 1.24. The summed E-state index contributed by atoms with van der Waals surface area (Å²) in [6.07, 6.45) is 13.8. The smallest absolute Gasteiger partial charge is 0.329 e. The minimum Gasteiger partial charge on any atom is -0.460 e. The largest absolute Gasteiger partial charge is 0.460 e. The number of esters is 1. The van der Waals surface area contributed by atoms with Crippen molar-refractivity contribution in [2.24, 2.45) is 35.5 Å². The van der Waals surface area contributed by atoms with Gasteiger partial charge in [-0.15, -0.1) is 0 Å². The number of aromatic nitrogens is 2. The number of allylic oxidation sites excluding steroid dienone is 6. The number of nitrogens with one attached hydrogen (secondary N) is 1. The van der Waals surface area contributed by atoms with Gasteiger partial charge in [0.05, 0.1) is 36.3 Å². The Morgan fingerprint density at radius 1 is 0.857 bits per heavy atom. The molecule has 1 aliphatic carbocycles. The van der Waals surface area contributed by atoms with Gasteiger partial charge in [0.15, 0.2) is 5.78 Å². The number of hydrogen-bond acceptors (Lipinski definition) is 14. The molecule has 4 aliphatic rings. The maximum Gasteiger partial charge on any atom is 0.329 e. The highest BCUT2D eigenvalue weighted by molar-refractivity contribution is 6.39. The van der Waals surface area contributed by atoms with Crippen LogP contribution in [0.2, 0.25) is 0 Å². The summed E-state index contributed by atoms with van der Waals surface area (Å²) >= 11 is 0. The lowest BCUT2D eigenvalue weighted by Gasteiger charge is -2.42. The Bertz CT molecular complexity index is 2410. The number of imidazole rings is 1. The highest BCUT2D eigenvalue weighted by atomic mass is 16.6. The zero-order valence-electron chi connectivity index (χ0n) is 47.2. The SMILES string of the molecule is CO[C@H]1C[C@@H]2CC[C@@H](C)[C@@](O)(O2)C(=O)C(=O)N2CCCC[C@H]2C(=O)O[C@H]([C@H](C)C[C@@H]2CC[C@@H](OCc3ncc(-c4ccccc4)[nH]3)[C@H](OC)C2)CC(=O)[C@H](C)/C=C(\C)[C@@H](O)[C@@H](OC)C(=O)[C@H](C)C[C@H](C)/C=C/C=C/C=C/1C. The van der Waals surface area contributed by atoms with Crippen molar-refractivity contribution in [3.63, 3.8) is 0 Å². The number of hydrogen-bond donors (Lipinski definition) is 3. The number of benzene rings is 1. The van der Waals surface area contributed by atoms with Crippen LogP contribution in [0.15, 0.2) is 84.1 Å². The molecule has 2 saturated heterocycles. The van der Waals surface area contributed by atoms with Crippen LogP contribution >= 0.6 is 0 Å². The average molecular weight is 1070 g/mol. The van der Waals surface area contributed by atoms with Crippen molar-refractivity contribution in [1.82, 2.24) is 14.9 Å². The number of methoxy groups -OCH3 is 3. The first-order valence-electron chi connectivity index (χ1n) is 28.0. The summed E-state index contributed by atoms with van der Waals surface area (Å²) in [4.78, 5) is 80.7. The van der Waals surface area contributed by atoms with Gasteiger partial charge in [0.25, 0.3) is 11.7 Å². The monoisotopic (exact) mass is 1070 g/mol. The standard InChI is InChI=1S/C61H87N3O13/c1-37-19-13-11-14-20-38(2)51(72-8)33-46-26-24-43(7)61(71,77-46)58(68)59(69)64-28-18-17-23-48(64)60(70)76-52(34-49(65)39(3)30-42(6)56(67)57(74-10)55(66)41(5)29-37)40(4)31-44-25-27-50(53(32-44)73-9)75-36-54-62-35-47(63-54)45-21-15-12-16-22-45/h11-16,19-22,30,35,37,39-41,43-44,46,48,50-53,56-57,67,71H,17-18,23-29,31-34,36H2,1-10H3,(H,62,63)/b14-11+,19-13+,38-20+,42-30+/t37-,39-,40-,41-,43-,44+,46+,48+,50-,51+,52+,53-,56-,57+,61-/m1/s1. The second-order valence-electron chi connectivity index (χ2n) is 22.5. The van der Waals surface area contributed by atoms with E-state index in [1.54, 1.807) is 47.3 Å². The van der Waals surface area contributed by atoms with Crippen LogP contribution in [-0.4, -0.2) is 137 Å². The van der Waals surface area contributed by atoms with E-state index in [1.165, 1.54) is 12.0 Å². The van der Waals surface area contributed by atoms with Gasteiger partial charge in [-0.25, -0.2) is 9.78 Å². The number of amides is 1. The van der Waals surface area contributed by atoms with Crippen LogP contribution in [0.4, 0.5) is 0 Å². The van der Waals surface area contributed by atoms with E-state index in [4.69, 9.17) is 28.4 Å². The summed E-state index contributed by atoms with van der Waals surface area (Å²) < 4.78 is 36.5. The highest BCUT2D eigenvalue weighted by Gasteiger charge is 2.53. The topological polar surface area (TPSA) is 213 Å². The quantitative estimate of drug-likeness (QED) is 0.115. The first kappa shape index (κ1) is 61.3. The molecule has 0 spiro atoms. The van der Waals surface area contributed by atoms with Crippen molar-refractivity contribution >= 4 is 29.2 Å². The predicted octanol–water partition coefficient (Wildman–Crippen LogP) is 8.80. The van der Waals surface area contributed by atoms with Crippen molar-refractivity contribution in [3.05, 3.63) is 90.0 Å². The van der Waals surface area contributed by atoms with Crippen LogP contribution < -0.4 is 0 Å². The third-order valence-electron chi connectivity index (χ3n) is 16.6. The molecule has 2 aromatic rings. The molecular weight excluding hydrogens is 983 g/mol. The zero-order chi connectivity index (χ0) is 56.0. The number of aliphatic hydroxyl groups is 2. The van der Waals surface area contributed by atoms with Crippen molar-refractivity contribution < 1.29 is 62.6 Å². The number of aliphatic hydroxyl groups excluding tert-OH is 1. The average Bonchev–Trinajstić information content (AvgIpc) is 3.91. The molecule has 15 atom stereocenters. The number of ether oxygens (including phenoxy) is 6. The second kappa shape index (κ2) is 28.8. The van der Waals surface area contributed by atoms with Gasteiger partial charge in [-0.3, -0.25) is 19.2 Å². The number of rotatable bonds is 10. The van der Waals surface area contributed by atoms with E-state index in [1.807, 2.05) is 88.4 Å². The molecule has 6 rings (SSSR count). The lowest BCUT2D eigenvalue weighted by Crippen LogP contribution is -2.61. The fourth-order valence-corrected chi connectivity index (χ4v) is 11.7. The van der Waals surface area contributed by atoms with E-state index in [0.29, 0.717) is 69.2 Å². The van der Waals surface area contributed by atoms with Crippen molar-refractivity contribution in [1.29, 1.82) is 0 Å². The molecule has 3 N–H and O–H groups in total. The lowest BCUT2D eigenvalue weighted by molar-refractivity contribution is -0.265. The number of cyclic esters (lactones) is 1. The molecule has 77 heavy (non-hydrogen) atoms. The van der Waals surface area contributed by atoms with Crippen molar-refractivity contribution in [2.45, 2.75) is 187 Å². The summed E-state index contributed by atoms with van der Waals surface area (Å²) in [7, 11) is 4.64. The van der Waals surface area contributed by atoms with Gasteiger partial charge >= 0.3 is 5.97 Å². The van der Waals surface area contributed by atoms with Crippen molar-refractivity contribution in [2.75, 3.05) is 27.9 Å². The maximum absolute atomic E-state index is 14.6. The first-order valence-corrected chi connectivity index (χ1v) is 28.0. The summed E-state index contributed by atoms with van der Waals surface area (Å²) in [5.41, 5.74) is 3.20. The number of carbonyl (C=O) groups is 5. The Kier molecular flexibility index (Phi) is 22.9. The highest BCUT2D eigenvalue weighted by Crippen LogP contribution is 2.38. The number of aromatic amines is 1. The minimum absolute atomic E-state index is 0.0117. The predicted molar refractivity (Wildman–Crippen MR) is 292 cm³/mol. The molecule has 1 saturated carbocycles. The third kappa shape index (κ3) is 16.1. The van der Waals surface area contributed by atoms with Crippen LogP contribution in [0.3, 0.4) is 0 Å². The first-order chi connectivity index (χ1) is 36.8. The van der Waals surface area contributed by atoms with E-state index in [0.717, 1.165) is 23.3 Å². The van der Waals surface area contributed by atoms with E-state index in [2.05, 4.69) is 9.97 Å². The van der Waals surface area contributed by atoms with Crippen molar-refractivity contribution in [3.8, 4) is 11.3 Å². The van der Waals surface area contributed by atoms with E-state index in [9.17, 15) is 34.2 Å². The maximum atomic E-state index is 14.6. The molecule has 3 aliphatic heterocycles. The molecule has 0 unspecified atom stereocenters. The molecule has 0 radical (unpaired) electrons. The molecule has 16 heteroatoms. The molecule has 3 fully saturated rings. The Hall–Kier alpha value is -4.94. The second-order valence-corrected chi connectivity index (χ2v) is 22.5. The Morgan fingerprint density at radius 2 is 1.61 bits per heavy atom. The fraction of sp³-hybridized carbons (Fsp3) is 0.639. The molecule has 1 aromatic heterocycles. The van der Waals surface area contributed by atoms with Gasteiger partial charge in [0.2, 0.25) is 5.79 Å². The molecule has 1 aromatic carbocycles. The molecule has 16 nitrogen and oxygen atoms in total. The molecule has 2 bridgehead atoms. The van der Waals surface area contributed by atoms with Gasteiger partial charge in [-0.2, -0.15) is 0 Å². The number of Topliss-reactive ketones (excluding diaryl/α,β-unsaturated/α-hetero) is 3. The van der Waals surface area contributed by atoms with Gasteiger partial charge in [0.1, 0.15) is 42.6 Å². The van der Waals surface area contributed by atoms with E-state index < -0.39 is 77.8 Å². The molecule has 424 valence electrons. The van der Waals surface area contributed by atoms with Gasteiger partial charge in [-0.1, -0.05) is 101 Å². The number of piperidine rings is 1. The normalized spacial score (nSPS) is 35.9. The zero-order valence-corrected chi connectivity index (χ0v) is 47.2. The van der Waals surface area contributed by atoms with Gasteiger partial charge < -0.3 is 48.5 Å². The summed E-state index contributed by atoms with van der Waals surface area (Å²) in [6, 6.07) is 8.79. The molecular formula is C61H87N3O13. The molecule has 4 heterocycles. The Labute approximate surface area is 456 Å². The van der Waals surface area contributed by atoms with E-state index >= 15 is 0 Å². The number of fused-ring (bicyclic) bond motifs is 3. The van der Waals surface area contributed by atoms with Gasteiger partial charge in [-0.05, 0) is 113 Å². The number of ketones is 3. The van der Waals surface area contributed by atoms with Crippen LogP contribution in [0.1, 0.15) is 131 Å². The van der Waals surface area contributed by atoms with Crippen LogP contribution in [0.25, 0.3) is 11.3 Å². The number of carbonyl (C=O) groups excluding carboxylic acids is 5. The summed E-state index contributed by atoms with van der Waals surface area (Å²) in [5.74, 6) is -7.30. The summed E-state index contributed by atoms with van der Waals surface area (Å²) in [5, 5.41) is 23.6. The molecule has 1 amide bonds.